The van der Waals surface area contributed by atoms with Crippen molar-refractivity contribution in [3.05, 3.63) is 48.5 Å². The monoisotopic (exact) mass is 424 g/mol. The van der Waals surface area contributed by atoms with E-state index in [-0.39, 0.29) is 21.5 Å². The van der Waals surface area contributed by atoms with Gasteiger partial charge in [-0.3, -0.25) is 14.9 Å². The first-order valence-electron chi connectivity index (χ1n) is 9.30. The number of non-ortho nitro benzene ring substituents is 1. The van der Waals surface area contributed by atoms with Crippen LogP contribution >= 0.6 is 11.6 Å². The van der Waals surface area contributed by atoms with Gasteiger partial charge in [-0.25, -0.2) is 9.18 Å². The Balaban J connectivity index is 2.57. The Kier molecular flexibility index (Phi) is 4.98. The zero-order valence-electron chi connectivity index (χ0n) is 16.9. The van der Waals surface area contributed by atoms with E-state index in [4.69, 9.17) is 16.3 Å². The zero-order valence-corrected chi connectivity index (χ0v) is 17.6. The molecule has 0 saturated carbocycles. The van der Waals surface area contributed by atoms with Crippen LogP contribution in [0.15, 0.2) is 10.9 Å². The van der Waals surface area contributed by atoms with E-state index in [1.807, 2.05) is 13.8 Å². The highest BCUT2D eigenvalue weighted by atomic mass is 35.5. The van der Waals surface area contributed by atoms with Gasteiger partial charge < -0.3 is 9.30 Å². The maximum atomic E-state index is 14.5. The Morgan fingerprint density at radius 2 is 2.07 bits per heavy atom. The molecule has 156 valence electrons. The molecule has 1 atom stereocenters. The number of carbonyl (C=O) groups excluding carboxylic acids is 1. The molecule has 0 N–H and O–H groups in total. The predicted molar refractivity (Wildman–Crippen MR) is 107 cm³/mol. The molecular formula is C20H22ClFN2O5. The van der Waals surface area contributed by atoms with Crippen LogP contribution in [0.25, 0.3) is 10.9 Å². The van der Waals surface area contributed by atoms with E-state index in [1.54, 1.807) is 25.3 Å². The van der Waals surface area contributed by atoms with Crippen LogP contribution < -0.4 is 5.43 Å². The minimum absolute atomic E-state index is 0.0486. The minimum Gasteiger partial charge on any atom is -0.456 e. The van der Waals surface area contributed by atoms with Gasteiger partial charge in [0.05, 0.1) is 16.5 Å². The third-order valence-corrected chi connectivity index (χ3v) is 5.77. The number of ether oxygens (including phenoxy) is 1. The third-order valence-electron chi connectivity index (χ3n) is 5.41. The number of rotatable bonds is 3. The fourth-order valence-electron chi connectivity index (χ4n) is 3.89. The van der Waals surface area contributed by atoms with E-state index in [9.17, 15) is 24.1 Å². The van der Waals surface area contributed by atoms with Crippen LogP contribution in [0.4, 0.5) is 10.1 Å². The van der Waals surface area contributed by atoms with Crippen LogP contribution in [-0.2, 0) is 16.7 Å². The molecular weight excluding hydrogens is 403 g/mol. The van der Waals surface area contributed by atoms with Crippen molar-refractivity contribution in [2.24, 2.45) is 0 Å². The van der Waals surface area contributed by atoms with Crippen molar-refractivity contribution in [3.8, 4) is 0 Å². The molecule has 2 heterocycles. The Labute approximate surface area is 171 Å². The molecule has 2 aromatic rings. The van der Waals surface area contributed by atoms with Gasteiger partial charge >= 0.3 is 5.97 Å². The van der Waals surface area contributed by atoms with Crippen LogP contribution in [0.5, 0.6) is 0 Å². The second-order valence-corrected chi connectivity index (χ2v) is 8.89. The summed E-state index contributed by atoms with van der Waals surface area (Å²) in [6, 6.07) is 0.621. The summed E-state index contributed by atoms with van der Waals surface area (Å²) in [4.78, 5) is 37.0. The van der Waals surface area contributed by atoms with Crippen LogP contribution in [0.1, 0.15) is 63.5 Å². The number of fused-ring (bicyclic) bond motifs is 3. The number of aromatic nitrogens is 1. The molecule has 1 aliphatic rings. The number of nitrogens with zero attached hydrogens (tertiary/aromatic N) is 2. The van der Waals surface area contributed by atoms with E-state index < -0.39 is 39.0 Å². The van der Waals surface area contributed by atoms with Crippen molar-refractivity contribution < 1.29 is 18.8 Å². The highest BCUT2D eigenvalue weighted by Crippen LogP contribution is 2.43. The van der Waals surface area contributed by atoms with E-state index in [1.165, 1.54) is 0 Å². The van der Waals surface area contributed by atoms with Gasteiger partial charge in [-0.05, 0) is 47.0 Å². The number of carbonyl (C=O) groups is 1. The lowest BCUT2D eigenvalue weighted by Crippen LogP contribution is -2.33. The average Bonchev–Trinajstić information content (AvgIpc) is 2.93. The maximum Gasteiger partial charge on any atom is 0.344 e. The second-order valence-electron chi connectivity index (χ2n) is 8.51. The highest BCUT2D eigenvalue weighted by Gasteiger charge is 2.41. The van der Waals surface area contributed by atoms with Crippen molar-refractivity contribution in [2.75, 3.05) is 0 Å². The van der Waals surface area contributed by atoms with E-state index in [0.717, 1.165) is 0 Å². The quantitative estimate of drug-likeness (QED) is 0.403. The summed E-state index contributed by atoms with van der Waals surface area (Å²) in [6.45, 7) is 8.78. The van der Waals surface area contributed by atoms with E-state index >= 15 is 0 Å². The van der Waals surface area contributed by atoms with Crippen molar-refractivity contribution >= 4 is 34.2 Å². The molecule has 7 nitrogen and oxygen atoms in total. The summed E-state index contributed by atoms with van der Waals surface area (Å²) < 4.78 is 21.5. The van der Waals surface area contributed by atoms with Gasteiger partial charge in [0, 0.05) is 11.2 Å². The molecule has 0 radical (unpaired) electrons. The maximum absolute atomic E-state index is 14.5. The molecule has 1 aromatic carbocycles. The largest absolute Gasteiger partial charge is 0.456 e. The lowest BCUT2D eigenvalue weighted by Gasteiger charge is -2.30. The molecule has 1 aliphatic heterocycles. The van der Waals surface area contributed by atoms with Crippen LogP contribution in [-0.4, -0.2) is 21.1 Å². The number of esters is 1. The first-order chi connectivity index (χ1) is 13.3. The van der Waals surface area contributed by atoms with Gasteiger partial charge in [0.15, 0.2) is 5.82 Å². The number of benzene rings is 1. The number of nitro benzene ring substituents is 1. The Hall–Kier alpha value is -2.48. The third kappa shape index (κ3) is 3.29. The molecule has 1 aromatic heterocycles. The van der Waals surface area contributed by atoms with Gasteiger partial charge in [-0.2, -0.15) is 0 Å². The topological polar surface area (TPSA) is 91.4 Å². The second kappa shape index (κ2) is 6.79. The minimum atomic E-state index is -0.990. The van der Waals surface area contributed by atoms with Crippen LogP contribution in [0.3, 0.4) is 0 Å². The van der Waals surface area contributed by atoms with Gasteiger partial charge in [-0.15, -0.1) is 0 Å². The number of nitro groups is 1. The predicted octanol–water partition coefficient (Wildman–Crippen LogP) is 4.73. The fourth-order valence-corrected chi connectivity index (χ4v) is 4.12. The Morgan fingerprint density at radius 1 is 1.45 bits per heavy atom. The molecule has 0 spiro atoms. The van der Waals surface area contributed by atoms with Crippen molar-refractivity contribution in [3.63, 3.8) is 0 Å². The van der Waals surface area contributed by atoms with E-state index in [2.05, 4.69) is 0 Å². The number of hydrogen-bond acceptors (Lipinski definition) is 5. The molecule has 0 bridgehead atoms. The van der Waals surface area contributed by atoms with Crippen molar-refractivity contribution in [1.82, 2.24) is 4.57 Å². The van der Waals surface area contributed by atoms with Gasteiger partial charge in [-0.1, -0.05) is 18.5 Å². The smallest absolute Gasteiger partial charge is 0.344 e. The number of halogens is 2. The fraction of sp³-hybridized carbons (Fsp3) is 0.500. The highest BCUT2D eigenvalue weighted by molar-refractivity contribution is 6.35. The standard InChI is InChI=1S/C20H22ClFN2O5/c1-6-20(5)8-7-11-14(18(26)29-19(2,3)4)17(25)13-12(24(27)28)9-10(22)15(21)16(13)23(11)20/h9H,6-8H2,1-5H3. The molecule has 1 unspecified atom stereocenters. The lowest BCUT2D eigenvalue weighted by molar-refractivity contribution is -0.383. The summed E-state index contributed by atoms with van der Waals surface area (Å²) in [7, 11) is 0. The summed E-state index contributed by atoms with van der Waals surface area (Å²) in [6.07, 6.45) is 1.52. The zero-order chi connectivity index (χ0) is 21.9. The summed E-state index contributed by atoms with van der Waals surface area (Å²) in [5.74, 6) is -1.85. The van der Waals surface area contributed by atoms with Gasteiger partial charge in [0.2, 0.25) is 5.43 Å². The molecule has 9 heteroatoms. The first-order valence-corrected chi connectivity index (χ1v) is 9.68. The molecule has 3 rings (SSSR count). The van der Waals surface area contributed by atoms with Crippen molar-refractivity contribution in [1.29, 1.82) is 0 Å². The number of hydrogen-bond donors (Lipinski definition) is 0. The molecule has 29 heavy (non-hydrogen) atoms. The molecule has 0 fully saturated rings. The van der Waals surface area contributed by atoms with Gasteiger partial charge in [0.25, 0.3) is 5.69 Å². The summed E-state index contributed by atoms with van der Waals surface area (Å²) in [5, 5.41) is 10.8. The first kappa shape index (κ1) is 21.2. The molecule has 0 saturated heterocycles. The lowest BCUT2D eigenvalue weighted by atomic mass is 9.96. The average molecular weight is 425 g/mol. The normalized spacial score (nSPS) is 18.7. The number of pyridine rings is 1. The summed E-state index contributed by atoms with van der Waals surface area (Å²) in [5.41, 5.74) is -2.99. The Bertz CT molecular complexity index is 1120. The van der Waals surface area contributed by atoms with Crippen LogP contribution in [0.2, 0.25) is 5.02 Å². The van der Waals surface area contributed by atoms with Crippen LogP contribution in [0, 0.1) is 15.9 Å². The van der Waals surface area contributed by atoms with Gasteiger partial charge in [0.1, 0.15) is 21.6 Å². The van der Waals surface area contributed by atoms with E-state index in [0.29, 0.717) is 31.0 Å². The van der Waals surface area contributed by atoms with Crippen molar-refractivity contribution in [2.45, 2.75) is 65.0 Å². The Morgan fingerprint density at radius 3 is 2.59 bits per heavy atom. The summed E-state index contributed by atoms with van der Waals surface area (Å²) >= 11 is 6.21. The molecule has 0 amide bonds. The SMILES string of the molecule is CCC1(C)CCc2c(C(=O)OC(C)(C)C)c(=O)c3c([N+](=O)[O-])cc(F)c(Cl)c3n21. The molecule has 0 aliphatic carbocycles.